The average molecular weight is 554 g/mol. The molecular formula is C32H21Cl2NO4. The van der Waals surface area contributed by atoms with Crippen molar-refractivity contribution in [2.75, 3.05) is 4.90 Å². The molecule has 192 valence electrons. The Kier molecular flexibility index (Phi) is 5.28. The number of hydrogen-bond acceptors (Lipinski definition) is 4. The molecule has 0 unspecified atom stereocenters. The number of rotatable bonds is 4. The summed E-state index contributed by atoms with van der Waals surface area (Å²) in [6.45, 7) is 0.107. The van der Waals surface area contributed by atoms with Crippen LogP contribution in [0.2, 0.25) is 0 Å². The van der Waals surface area contributed by atoms with Crippen LogP contribution in [0.1, 0.15) is 38.2 Å². The van der Waals surface area contributed by atoms with Crippen LogP contribution in [-0.2, 0) is 30.7 Å². The molecule has 1 heterocycles. The van der Waals surface area contributed by atoms with Crippen LogP contribution in [0.15, 0.2) is 103 Å². The molecule has 0 spiro atoms. The third kappa shape index (κ3) is 3.17. The number of carbonyl (C=O) groups is 3. The maximum atomic E-state index is 14.1. The lowest BCUT2D eigenvalue weighted by Crippen LogP contribution is -2.57. The molecule has 7 heteroatoms. The highest BCUT2D eigenvalue weighted by Gasteiger charge is 2.73. The summed E-state index contributed by atoms with van der Waals surface area (Å²) in [5.74, 6) is -3.27. The number of nitrogens with zero attached hydrogens (tertiary/aromatic N) is 1. The van der Waals surface area contributed by atoms with E-state index in [0.29, 0.717) is 0 Å². The van der Waals surface area contributed by atoms with Gasteiger partial charge in [-0.15, -0.1) is 23.2 Å². The minimum Gasteiger partial charge on any atom is -0.457 e. The number of alkyl halides is 2. The normalized spacial score (nSPS) is 26.2. The van der Waals surface area contributed by atoms with Gasteiger partial charge < -0.3 is 4.74 Å². The van der Waals surface area contributed by atoms with Gasteiger partial charge in [-0.3, -0.25) is 9.59 Å². The minimum atomic E-state index is -1.26. The first-order chi connectivity index (χ1) is 18.9. The topological polar surface area (TPSA) is 63.7 Å². The Morgan fingerprint density at radius 2 is 1.18 bits per heavy atom. The standard InChI is InChI=1S/C32H21Cl2NO4/c33-31-22-13-4-5-14-23(22)32(34,25-16-7-6-15-24(25)31)27-26(31)28(36)35(29(27)37)21-12-8-11-20(17-21)30(38)39-18-19-9-2-1-3-10-19/h1-17,26-27H,18H2/t26-,27-,31?,32?/m1/s1. The van der Waals surface area contributed by atoms with Gasteiger partial charge in [0.05, 0.1) is 23.1 Å². The maximum absolute atomic E-state index is 14.1. The molecule has 4 aliphatic rings. The Labute approximate surface area is 234 Å². The number of benzene rings is 4. The zero-order valence-corrected chi connectivity index (χ0v) is 22.0. The second kappa shape index (κ2) is 8.54. The van der Waals surface area contributed by atoms with E-state index in [1.54, 1.807) is 18.2 Å². The number of halogens is 2. The van der Waals surface area contributed by atoms with E-state index in [1.807, 2.05) is 78.9 Å². The predicted octanol–water partition coefficient (Wildman–Crippen LogP) is 6.14. The average Bonchev–Trinajstić information content (AvgIpc) is 3.26. The molecule has 39 heavy (non-hydrogen) atoms. The minimum absolute atomic E-state index is 0.107. The third-order valence-electron chi connectivity index (χ3n) is 8.14. The summed E-state index contributed by atoms with van der Waals surface area (Å²) in [7, 11) is 0. The highest BCUT2D eigenvalue weighted by molar-refractivity contribution is 6.38. The maximum Gasteiger partial charge on any atom is 0.338 e. The Morgan fingerprint density at radius 1 is 0.692 bits per heavy atom. The van der Waals surface area contributed by atoms with Gasteiger partial charge in [-0.2, -0.15) is 0 Å². The van der Waals surface area contributed by atoms with Gasteiger partial charge in [-0.25, -0.2) is 9.69 Å². The van der Waals surface area contributed by atoms with Crippen LogP contribution in [0, 0.1) is 11.8 Å². The molecular weight excluding hydrogens is 533 g/mol. The number of anilines is 1. The van der Waals surface area contributed by atoms with E-state index in [1.165, 1.54) is 6.07 Å². The third-order valence-corrected chi connectivity index (χ3v) is 9.42. The smallest absolute Gasteiger partial charge is 0.338 e. The summed E-state index contributed by atoms with van der Waals surface area (Å²) >= 11 is 15.0. The number of ether oxygens (including phenoxy) is 1. The van der Waals surface area contributed by atoms with E-state index in [4.69, 9.17) is 27.9 Å². The molecule has 0 radical (unpaired) electrons. The molecule has 1 saturated heterocycles. The van der Waals surface area contributed by atoms with Crippen molar-refractivity contribution in [2.45, 2.75) is 16.4 Å². The summed E-state index contributed by atoms with van der Waals surface area (Å²) in [6, 6.07) is 30.7. The fourth-order valence-electron chi connectivity index (χ4n) is 6.50. The number of carbonyl (C=O) groups excluding carboxylic acids is 3. The Morgan fingerprint density at radius 3 is 1.69 bits per heavy atom. The number of esters is 1. The van der Waals surface area contributed by atoms with E-state index in [9.17, 15) is 14.4 Å². The molecule has 0 saturated carbocycles. The first kappa shape index (κ1) is 24.1. The van der Waals surface area contributed by atoms with Gasteiger partial charge in [0, 0.05) is 0 Å². The molecule has 1 fully saturated rings. The molecule has 5 nitrogen and oxygen atoms in total. The summed E-state index contributed by atoms with van der Waals surface area (Å²) < 4.78 is 5.47. The van der Waals surface area contributed by atoms with Crippen LogP contribution >= 0.6 is 23.2 Å². The molecule has 2 amide bonds. The number of imide groups is 1. The Balaban J connectivity index is 1.29. The molecule has 8 rings (SSSR count). The lowest BCUT2D eigenvalue weighted by Gasteiger charge is -2.54. The van der Waals surface area contributed by atoms with Gasteiger partial charge in [-0.05, 0) is 46.0 Å². The highest BCUT2D eigenvalue weighted by atomic mass is 35.5. The fourth-order valence-corrected chi connectivity index (χ4v) is 7.60. The van der Waals surface area contributed by atoms with Gasteiger partial charge in [0.1, 0.15) is 16.4 Å². The predicted molar refractivity (Wildman–Crippen MR) is 148 cm³/mol. The largest absolute Gasteiger partial charge is 0.457 e. The first-order valence-electron chi connectivity index (χ1n) is 12.6. The Hall–Kier alpha value is -3.93. The lowest BCUT2D eigenvalue weighted by atomic mass is 9.54. The summed E-state index contributed by atoms with van der Waals surface area (Å²) in [4.78, 5) is 39.8. The first-order valence-corrected chi connectivity index (χ1v) is 13.4. The van der Waals surface area contributed by atoms with E-state index in [2.05, 4.69) is 0 Å². The molecule has 2 atom stereocenters. The summed E-state index contributed by atoms with van der Waals surface area (Å²) in [5, 5.41) is 0. The van der Waals surface area contributed by atoms with Crippen LogP contribution in [0.25, 0.3) is 0 Å². The van der Waals surface area contributed by atoms with E-state index in [-0.39, 0.29) is 17.9 Å². The zero-order chi connectivity index (χ0) is 26.9. The number of hydrogen-bond donors (Lipinski definition) is 0. The van der Waals surface area contributed by atoms with Crippen LogP contribution in [-0.4, -0.2) is 17.8 Å². The molecule has 0 N–H and O–H groups in total. The molecule has 3 aliphatic carbocycles. The van der Waals surface area contributed by atoms with Crippen LogP contribution in [0.5, 0.6) is 0 Å². The SMILES string of the molecule is O=C(OCc1ccccc1)c1cccc(N2C(=O)[C@H]3[C@H](C2=O)C2(Cl)c4ccccc4C3(Cl)c3ccccc32)c1. The van der Waals surface area contributed by atoms with Crippen molar-refractivity contribution in [3.8, 4) is 0 Å². The molecule has 2 bridgehead atoms. The van der Waals surface area contributed by atoms with Crippen molar-refractivity contribution in [2.24, 2.45) is 11.8 Å². The van der Waals surface area contributed by atoms with Crippen molar-refractivity contribution in [3.63, 3.8) is 0 Å². The zero-order valence-electron chi connectivity index (χ0n) is 20.5. The van der Waals surface area contributed by atoms with Crippen LogP contribution < -0.4 is 4.90 Å². The van der Waals surface area contributed by atoms with Gasteiger partial charge in [0.15, 0.2) is 0 Å². The number of amides is 2. The Bertz CT molecular complexity index is 1560. The van der Waals surface area contributed by atoms with E-state index in [0.717, 1.165) is 32.7 Å². The summed E-state index contributed by atoms with van der Waals surface area (Å²) in [6.07, 6.45) is 0. The molecule has 0 aromatic heterocycles. The van der Waals surface area contributed by atoms with Crippen LogP contribution in [0.4, 0.5) is 5.69 Å². The summed E-state index contributed by atoms with van der Waals surface area (Å²) in [5.41, 5.74) is 4.32. The van der Waals surface area contributed by atoms with Gasteiger partial charge in [0.25, 0.3) is 0 Å². The van der Waals surface area contributed by atoms with Crippen LogP contribution in [0.3, 0.4) is 0 Å². The highest BCUT2D eigenvalue weighted by Crippen LogP contribution is 2.69. The molecule has 1 aliphatic heterocycles. The van der Waals surface area contributed by atoms with Gasteiger partial charge in [-0.1, -0.05) is 84.9 Å². The van der Waals surface area contributed by atoms with Crippen molar-refractivity contribution >= 4 is 46.7 Å². The van der Waals surface area contributed by atoms with Crippen molar-refractivity contribution in [3.05, 3.63) is 137 Å². The quantitative estimate of drug-likeness (QED) is 0.173. The van der Waals surface area contributed by atoms with Crippen molar-refractivity contribution in [1.29, 1.82) is 0 Å². The second-order valence-electron chi connectivity index (χ2n) is 10.1. The van der Waals surface area contributed by atoms with E-state index >= 15 is 0 Å². The fraction of sp³-hybridized carbons (Fsp3) is 0.156. The van der Waals surface area contributed by atoms with E-state index < -0.39 is 39.4 Å². The van der Waals surface area contributed by atoms with Gasteiger partial charge in [0.2, 0.25) is 11.8 Å². The molecule has 4 aromatic rings. The second-order valence-corrected chi connectivity index (χ2v) is 11.3. The van der Waals surface area contributed by atoms with Gasteiger partial charge >= 0.3 is 5.97 Å². The van der Waals surface area contributed by atoms with Crippen molar-refractivity contribution in [1.82, 2.24) is 0 Å². The van der Waals surface area contributed by atoms with Crippen molar-refractivity contribution < 1.29 is 19.1 Å². The molecule has 4 aromatic carbocycles. The lowest BCUT2D eigenvalue weighted by molar-refractivity contribution is -0.122. The monoisotopic (exact) mass is 553 g/mol.